The third kappa shape index (κ3) is 11.5. The van der Waals surface area contributed by atoms with Crippen LogP contribution in [-0.2, 0) is 0 Å². The Labute approximate surface area is 99.7 Å². The molecule has 0 saturated heterocycles. The molecule has 0 aliphatic rings. The fraction of sp³-hybridized carbons (Fsp3) is 0.714. The van der Waals surface area contributed by atoms with Crippen molar-refractivity contribution in [2.75, 3.05) is 6.61 Å². The van der Waals surface area contributed by atoms with Crippen LogP contribution in [0.25, 0.3) is 0 Å². The van der Waals surface area contributed by atoms with Crippen LogP contribution in [0.4, 0.5) is 0 Å². The Morgan fingerprint density at radius 3 is 2.19 bits per heavy atom. The van der Waals surface area contributed by atoms with Crippen molar-refractivity contribution in [2.45, 2.75) is 58.0 Å². The summed E-state index contributed by atoms with van der Waals surface area (Å²) >= 11 is 0. The van der Waals surface area contributed by atoms with Crippen molar-refractivity contribution in [3.8, 4) is 0 Å². The molecule has 0 saturated carbocycles. The van der Waals surface area contributed by atoms with Crippen molar-refractivity contribution in [1.29, 1.82) is 0 Å². The van der Waals surface area contributed by atoms with Gasteiger partial charge in [0, 0.05) is 0 Å². The van der Waals surface area contributed by atoms with Gasteiger partial charge in [0.2, 0.25) is 0 Å². The maximum atomic E-state index is 9.09. The van der Waals surface area contributed by atoms with Gasteiger partial charge in [-0.3, -0.25) is 0 Å². The Balaban J connectivity index is 3.27. The van der Waals surface area contributed by atoms with Gasteiger partial charge >= 0.3 is 0 Å². The van der Waals surface area contributed by atoms with Crippen molar-refractivity contribution in [2.24, 2.45) is 0 Å². The molecule has 0 spiro atoms. The molecule has 2 nitrogen and oxygen atoms in total. The number of aliphatic hydroxyl groups excluding tert-OH is 2. The molecule has 0 fully saturated rings. The fourth-order valence-electron chi connectivity index (χ4n) is 1.42. The zero-order chi connectivity index (χ0) is 12.1. The van der Waals surface area contributed by atoms with Gasteiger partial charge in [-0.25, -0.2) is 0 Å². The van der Waals surface area contributed by atoms with E-state index in [0.717, 1.165) is 12.8 Å². The molecule has 0 aliphatic carbocycles. The quantitative estimate of drug-likeness (QED) is 0.443. The summed E-state index contributed by atoms with van der Waals surface area (Å²) in [7, 11) is 0. The molecule has 2 N–H and O–H groups in total. The SMILES string of the molecule is CCCCCC=CC=CCCCC(O)CO. The lowest BCUT2D eigenvalue weighted by molar-refractivity contribution is 0.0868. The minimum absolute atomic E-state index is 0.124. The van der Waals surface area contributed by atoms with Crippen LogP contribution in [0.1, 0.15) is 51.9 Å². The first kappa shape index (κ1) is 15.4. The van der Waals surface area contributed by atoms with E-state index >= 15 is 0 Å². The summed E-state index contributed by atoms with van der Waals surface area (Å²) < 4.78 is 0. The predicted molar refractivity (Wildman–Crippen MR) is 69.4 cm³/mol. The van der Waals surface area contributed by atoms with Crippen LogP contribution >= 0.6 is 0 Å². The van der Waals surface area contributed by atoms with Gasteiger partial charge in [0.05, 0.1) is 12.7 Å². The molecular formula is C14H26O2. The molecule has 0 amide bonds. The van der Waals surface area contributed by atoms with Gasteiger partial charge in [-0.2, -0.15) is 0 Å². The molecule has 16 heavy (non-hydrogen) atoms. The highest BCUT2D eigenvalue weighted by atomic mass is 16.3. The lowest BCUT2D eigenvalue weighted by Gasteiger charge is -2.03. The van der Waals surface area contributed by atoms with E-state index in [1.165, 1.54) is 25.7 Å². The Kier molecular flexibility index (Phi) is 12.0. The summed E-state index contributed by atoms with van der Waals surface area (Å²) in [4.78, 5) is 0. The normalized spacial score (nSPS) is 13.9. The van der Waals surface area contributed by atoms with Crippen molar-refractivity contribution >= 4 is 0 Å². The van der Waals surface area contributed by atoms with Gasteiger partial charge in [0.15, 0.2) is 0 Å². The first-order valence-corrected chi connectivity index (χ1v) is 6.41. The Morgan fingerprint density at radius 1 is 1.00 bits per heavy atom. The molecule has 0 bridgehead atoms. The van der Waals surface area contributed by atoms with E-state index in [1.54, 1.807) is 0 Å². The summed E-state index contributed by atoms with van der Waals surface area (Å²) in [5.74, 6) is 0. The highest BCUT2D eigenvalue weighted by molar-refractivity contribution is 5.02. The molecule has 94 valence electrons. The Bertz CT molecular complexity index is 185. The topological polar surface area (TPSA) is 40.5 Å². The third-order valence-electron chi connectivity index (χ3n) is 2.48. The van der Waals surface area contributed by atoms with Crippen molar-refractivity contribution in [3.05, 3.63) is 24.3 Å². The van der Waals surface area contributed by atoms with Gasteiger partial charge < -0.3 is 10.2 Å². The first-order valence-electron chi connectivity index (χ1n) is 6.41. The maximum Gasteiger partial charge on any atom is 0.0771 e. The Morgan fingerprint density at radius 2 is 1.62 bits per heavy atom. The molecule has 2 heteroatoms. The van der Waals surface area contributed by atoms with Crippen LogP contribution in [-0.4, -0.2) is 22.9 Å². The number of unbranched alkanes of at least 4 members (excludes halogenated alkanes) is 4. The lowest BCUT2D eigenvalue weighted by atomic mass is 10.1. The largest absolute Gasteiger partial charge is 0.394 e. The molecule has 0 radical (unpaired) electrons. The lowest BCUT2D eigenvalue weighted by Crippen LogP contribution is -2.10. The monoisotopic (exact) mass is 226 g/mol. The number of hydrogen-bond acceptors (Lipinski definition) is 2. The number of aliphatic hydroxyl groups is 2. The van der Waals surface area contributed by atoms with Gasteiger partial charge in [-0.1, -0.05) is 44.1 Å². The predicted octanol–water partition coefficient (Wildman–Crippen LogP) is 3.20. The molecule has 0 aromatic heterocycles. The minimum atomic E-state index is -0.544. The summed E-state index contributed by atoms with van der Waals surface area (Å²) in [6.07, 6.45) is 15.6. The van der Waals surface area contributed by atoms with E-state index in [0.29, 0.717) is 6.42 Å². The second-order valence-corrected chi connectivity index (χ2v) is 4.12. The summed E-state index contributed by atoms with van der Waals surface area (Å²) in [5.41, 5.74) is 0. The second kappa shape index (κ2) is 12.5. The van der Waals surface area contributed by atoms with Gasteiger partial charge in [-0.15, -0.1) is 0 Å². The zero-order valence-corrected chi connectivity index (χ0v) is 10.4. The van der Waals surface area contributed by atoms with E-state index in [-0.39, 0.29) is 6.61 Å². The van der Waals surface area contributed by atoms with Crippen molar-refractivity contribution in [1.82, 2.24) is 0 Å². The van der Waals surface area contributed by atoms with E-state index in [2.05, 4.69) is 31.2 Å². The number of allylic oxidation sites excluding steroid dienone is 4. The molecule has 1 unspecified atom stereocenters. The van der Waals surface area contributed by atoms with Gasteiger partial charge in [0.25, 0.3) is 0 Å². The van der Waals surface area contributed by atoms with Crippen LogP contribution in [0, 0.1) is 0 Å². The fourth-order valence-corrected chi connectivity index (χ4v) is 1.42. The molecule has 0 heterocycles. The smallest absolute Gasteiger partial charge is 0.0771 e. The van der Waals surface area contributed by atoms with Crippen LogP contribution in [0.15, 0.2) is 24.3 Å². The van der Waals surface area contributed by atoms with Crippen LogP contribution < -0.4 is 0 Å². The van der Waals surface area contributed by atoms with E-state index in [4.69, 9.17) is 10.2 Å². The summed E-state index contributed by atoms with van der Waals surface area (Å²) in [6, 6.07) is 0. The third-order valence-corrected chi connectivity index (χ3v) is 2.48. The second-order valence-electron chi connectivity index (χ2n) is 4.12. The van der Waals surface area contributed by atoms with E-state index in [9.17, 15) is 0 Å². The molecule has 0 aromatic rings. The molecule has 1 atom stereocenters. The number of hydrogen-bond donors (Lipinski definition) is 2. The molecule has 0 rings (SSSR count). The van der Waals surface area contributed by atoms with Crippen LogP contribution in [0.2, 0.25) is 0 Å². The van der Waals surface area contributed by atoms with Gasteiger partial charge in [0.1, 0.15) is 0 Å². The zero-order valence-electron chi connectivity index (χ0n) is 10.4. The highest BCUT2D eigenvalue weighted by Crippen LogP contribution is 2.02. The van der Waals surface area contributed by atoms with Crippen molar-refractivity contribution < 1.29 is 10.2 Å². The molecular weight excluding hydrogens is 200 g/mol. The molecule has 0 aromatic carbocycles. The van der Waals surface area contributed by atoms with Gasteiger partial charge in [-0.05, 0) is 32.1 Å². The van der Waals surface area contributed by atoms with Crippen LogP contribution in [0.5, 0.6) is 0 Å². The maximum absolute atomic E-state index is 9.09. The number of rotatable bonds is 10. The standard InChI is InChI=1S/C14H26O2/c1-2-3-4-5-6-7-8-9-10-11-12-14(16)13-15/h6-9,14-16H,2-5,10-13H2,1H3. The first-order chi connectivity index (χ1) is 7.81. The average Bonchev–Trinajstić information content (AvgIpc) is 2.31. The summed E-state index contributed by atoms with van der Waals surface area (Å²) in [5, 5.41) is 17.7. The minimum Gasteiger partial charge on any atom is -0.394 e. The molecule has 0 aliphatic heterocycles. The van der Waals surface area contributed by atoms with Crippen LogP contribution in [0.3, 0.4) is 0 Å². The summed E-state index contributed by atoms with van der Waals surface area (Å²) in [6.45, 7) is 2.09. The van der Waals surface area contributed by atoms with E-state index in [1.807, 2.05) is 0 Å². The van der Waals surface area contributed by atoms with E-state index < -0.39 is 6.10 Å². The van der Waals surface area contributed by atoms with Crippen molar-refractivity contribution in [3.63, 3.8) is 0 Å². The average molecular weight is 226 g/mol. The Hall–Kier alpha value is -0.600. The highest BCUT2D eigenvalue weighted by Gasteiger charge is 1.98.